The van der Waals surface area contributed by atoms with Crippen LogP contribution in [0.2, 0.25) is 0 Å². The van der Waals surface area contributed by atoms with E-state index in [2.05, 4.69) is 21.2 Å². The van der Waals surface area contributed by atoms with Crippen molar-refractivity contribution in [1.82, 2.24) is 19.7 Å². The van der Waals surface area contributed by atoms with Gasteiger partial charge in [-0.1, -0.05) is 30.0 Å². The maximum absolute atomic E-state index is 11.4. The highest BCUT2D eigenvalue weighted by Crippen LogP contribution is 2.25. The summed E-state index contributed by atoms with van der Waals surface area (Å²) >= 11 is 1.69. The Balaban J connectivity index is 1.28. The Labute approximate surface area is 204 Å². The average Bonchev–Trinajstić information content (AvgIpc) is 3.05. The van der Waals surface area contributed by atoms with Crippen molar-refractivity contribution < 1.29 is 12.6 Å². The lowest BCUT2D eigenvalue weighted by Crippen LogP contribution is -2.27. The van der Waals surface area contributed by atoms with Crippen molar-refractivity contribution >= 4 is 21.9 Å². The van der Waals surface area contributed by atoms with Crippen LogP contribution in [-0.4, -0.2) is 59.7 Å². The quantitative estimate of drug-likeness (QED) is 0.266. The molecule has 4 rings (SSSR count). The van der Waals surface area contributed by atoms with Gasteiger partial charge >= 0.3 is 10.1 Å². The van der Waals surface area contributed by atoms with Gasteiger partial charge in [0.15, 0.2) is 11.0 Å². The third-order valence-corrected chi connectivity index (χ3v) is 7.36. The maximum Gasteiger partial charge on any atom is 0.306 e. The van der Waals surface area contributed by atoms with Gasteiger partial charge in [-0.15, -0.1) is 10.2 Å². The molecule has 2 aromatic carbocycles. The van der Waals surface area contributed by atoms with E-state index in [1.54, 1.807) is 23.9 Å². The van der Waals surface area contributed by atoms with Crippen molar-refractivity contribution in [3.05, 3.63) is 59.2 Å². The van der Waals surface area contributed by atoms with Gasteiger partial charge in [-0.3, -0.25) is 0 Å². The third-order valence-electron chi connectivity index (χ3n) is 5.75. The molecule has 2 heterocycles. The summed E-state index contributed by atoms with van der Waals surface area (Å²) < 4.78 is 29.8. The maximum atomic E-state index is 11.4. The van der Waals surface area contributed by atoms with Gasteiger partial charge in [-0.05, 0) is 61.2 Å². The van der Waals surface area contributed by atoms with E-state index in [0.717, 1.165) is 73.0 Å². The van der Waals surface area contributed by atoms with Crippen LogP contribution in [0.1, 0.15) is 23.1 Å². The average molecular weight is 498 g/mol. The van der Waals surface area contributed by atoms with Gasteiger partial charge in [0.1, 0.15) is 5.75 Å². The molecule has 0 spiro atoms. The molecular weight excluding hydrogens is 470 g/mol. The SMILES string of the molecule is Cn1c(SCCCN2CCc3ccc(OS(C)(=O)=O)cc3CC2)nnc1-c1cccc(C#N)c1. The van der Waals surface area contributed by atoms with Crippen LogP contribution >= 0.6 is 11.8 Å². The molecule has 0 N–H and O–H groups in total. The largest absolute Gasteiger partial charge is 0.383 e. The number of hydrogen-bond acceptors (Lipinski definition) is 8. The predicted octanol–water partition coefficient (Wildman–Crippen LogP) is 3.28. The molecule has 0 amide bonds. The molecule has 0 radical (unpaired) electrons. The zero-order valence-corrected chi connectivity index (χ0v) is 20.9. The molecule has 1 aliphatic heterocycles. The lowest BCUT2D eigenvalue weighted by molar-refractivity contribution is 0.289. The molecule has 1 aromatic heterocycles. The second kappa shape index (κ2) is 10.6. The van der Waals surface area contributed by atoms with E-state index >= 15 is 0 Å². The van der Waals surface area contributed by atoms with Gasteiger partial charge in [0.05, 0.1) is 17.9 Å². The summed E-state index contributed by atoms with van der Waals surface area (Å²) in [7, 11) is -1.57. The fraction of sp³-hybridized carbons (Fsp3) is 0.375. The van der Waals surface area contributed by atoms with Crippen LogP contribution in [-0.2, 0) is 30.0 Å². The summed E-state index contributed by atoms with van der Waals surface area (Å²) in [6.07, 6.45) is 3.90. The molecule has 0 aliphatic carbocycles. The summed E-state index contributed by atoms with van der Waals surface area (Å²) in [5.41, 5.74) is 3.90. The Kier molecular flexibility index (Phi) is 7.56. The summed E-state index contributed by atoms with van der Waals surface area (Å²) in [6, 6.07) is 15.1. The minimum Gasteiger partial charge on any atom is -0.383 e. The fourth-order valence-electron chi connectivity index (χ4n) is 4.07. The van der Waals surface area contributed by atoms with E-state index in [4.69, 9.17) is 9.44 Å². The molecule has 0 saturated carbocycles. The molecule has 0 bridgehead atoms. The zero-order valence-electron chi connectivity index (χ0n) is 19.3. The Morgan fingerprint density at radius 2 is 1.91 bits per heavy atom. The van der Waals surface area contributed by atoms with Crippen LogP contribution in [0.5, 0.6) is 5.75 Å². The van der Waals surface area contributed by atoms with E-state index in [1.165, 1.54) is 5.56 Å². The Morgan fingerprint density at radius 3 is 2.68 bits per heavy atom. The van der Waals surface area contributed by atoms with Crippen molar-refractivity contribution in [2.45, 2.75) is 24.4 Å². The normalized spacial score (nSPS) is 14.3. The van der Waals surface area contributed by atoms with Gasteiger partial charge in [0, 0.05) is 31.5 Å². The summed E-state index contributed by atoms with van der Waals surface area (Å²) in [4.78, 5) is 2.45. The lowest BCUT2D eigenvalue weighted by atomic mass is 10.0. The van der Waals surface area contributed by atoms with Crippen molar-refractivity contribution in [3.8, 4) is 23.2 Å². The molecule has 0 fully saturated rings. The second-order valence-electron chi connectivity index (χ2n) is 8.32. The minimum atomic E-state index is -3.52. The number of thioether (sulfide) groups is 1. The lowest BCUT2D eigenvalue weighted by Gasteiger charge is -2.19. The van der Waals surface area contributed by atoms with Crippen LogP contribution in [0.3, 0.4) is 0 Å². The molecule has 0 saturated heterocycles. The zero-order chi connectivity index (χ0) is 24.1. The monoisotopic (exact) mass is 497 g/mol. The molecular formula is C24H27N5O3S2. The van der Waals surface area contributed by atoms with E-state index in [-0.39, 0.29) is 0 Å². The molecule has 178 valence electrons. The Morgan fingerprint density at radius 1 is 1.12 bits per heavy atom. The van der Waals surface area contributed by atoms with Crippen molar-refractivity contribution in [1.29, 1.82) is 5.26 Å². The standard InChI is InChI=1S/C24H27N5O3S2/c1-28-23(21-6-3-5-18(15-21)17-25)26-27-24(28)33-14-4-11-29-12-9-19-7-8-22(32-34(2,30)31)16-20(19)10-13-29/h3,5-8,15-16H,4,9-14H2,1-2H3. The summed E-state index contributed by atoms with van der Waals surface area (Å²) in [5, 5.41) is 18.6. The number of aromatic nitrogens is 3. The highest BCUT2D eigenvalue weighted by Gasteiger charge is 2.16. The summed E-state index contributed by atoms with van der Waals surface area (Å²) in [5.74, 6) is 2.07. The topological polar surface area (TPSA) is 101 Å². The first kappa shape index (κ1) is 24.3. The minimum absolute atomic E-state index is 0.383. The van der Waals surface area contributed by atoms with E-state index in [9.17, 15) is 8.42 Å². The van der Waals surface area contributed by atoms with Gasteiger partial charge < -0.3 is 13.7 Å². The molecule has 34 heavy (non-hydrogen) atoms. The number of hydrogen-bond donors (Lipinski definition) is 0. The van der Waals surface area contributed by atoms with Gasteiger partial charge in [0.25, 0.3) is 0 Å². The Bertz CT molecular complexity index is 1310. The smallest absolute Gasteiger partial charge is 0.306 e. The van der Waals surface area contributed by atoms with Crippen LogP contribution in [0.15, 0.2) is 47.6 Å². The highest BCUT2D eigenvalue weighted by atomic mass is 32.2. The first-order valence-electron chi connectivity index (χ1n) is 11.1. The van der Waals surface area contributed by atoms with Crippen molar-refractivity contribution in [2.75, 3.05) is 31.6 Å². The molecule has 3 aromatic rings. The van der Waals surface area contributed by atoms with Gasteiger partial charge in [-0.2, -0.15) is 13.7 Å². The first-order valence-corrected chi connectivity index (χ1v) is 13.9. The van der Waals surface area contributed by atoms with E-state index in [1.807, 2.05) is 41.9 Å². The van der Waals surface area contributed by atoms with Crippen molar-refractivity contribution in [2.24, 2.45) is 7.05 Å². The fourth-order valence-corrected chi connectivity index (χ4v) is 5.36. The highest BCUT2D eigenvalue weighted by molar-refractivity contribution is 7.99. The van der Waals surface area contributed by atoms with Crippen LogP contribution < -0.4 is 4.18 Å². The number of nitrogens with zero attached hydrogens (tertiary/aromatic N) is 5. The van der Waals surface area contributed by atoms with Gasteiger partial charge in [0.2, 0.25) is 0 Å². The van der Waals surface area contributed by atoms with Gasteiger partial charge in [-0.25, -0.2) is 0 Å². The summed E-state index contributed by atoms with van der Waals surface area (Å²) in [6.45, 7) is 2.90. The molecule has 1 aliphatic rings. The molecule has 10 heteroatoms. The van der Waals surface area contributed by atoms with E-state index in [0.29, 0.717) is 11.3 Å². The molecule has 8 nitrogen and oxygen atoms in total. The van der Waals surface area contributed by atoms with Crippen LogP contribution in [0, 0.1) is 11.3 Å². The first-order chi connectivity index (χ1) is 16.3. The van der Waals surface area contributed by atoms with E-state index < -0.39 is 10.1 Å². The number of rotatable bonds is 8. The number of fused-ring (bicyclic) bond motifs is 1. The molecule has 0 unspecified atom stereocenters. The van der Waals surface area contributed by atoms with Crippen LogP contribution in [0.4, 0.5) is 0 Å². The second-order valence-corrected chi connectivity index (χ2v) is 11.0. The Hall–Kier alpha value is -2.87. The third kappa shape index (κ3) is 6.17. The van der Waals surface area contributed by atoms with Crippen molar-refractivity contribution in [3.63, 3.8) is 0 Å². The number of benzene rings is 2. The number of nitriles is 1. The van der Waals surface area contributed by atoms with Crippen LogP contribution in [0.25, 0.3) is 11.4 Å². The molecule has 0 atom stereocenters. The predicted molar refractivity (Wildman–Crippen MR) is 132 cm³/mol.